The largest absolute Gasteiger partial charge is 0.355 e. The molecule has 6 aliphatic heterocycles. The number of aliphatic imine (C=N–C) groups is 2. The Morgan fingerprint density at radius 3 is 1.57 bits per heavy atom. The van der Waals surface area contributed by atoms with Crippen molar-refractivity contribution in [2.75, 3.05) is 0 Å². The first-order valence-electron chi connectivity index (χ1n) is 10.0. The van der Waals surface area contributed by atoms with Gasteiger partial charge in [-0.3, -0.25) is 0 Å². The van der Waals surface area contributed by atoms with Crippen LogP contribution in [0.25, 0.3) is 22.3 Å². The lowest BCUT2D eigenvalue weighted by Gasteiger charge is -2.54. The Hall–Kier alpha value is -3.40. The van der Waals surface area contributed by atoms with Crippen LogP contribution in [0.5, 0.6) is 0 Å². The standard InChI is InChI=1S/C24H14N4/c1-2-10-18-12-5-6-15(27-12)20-16-8-7-14(28-16)19-13-4-3-11(26-13)17(9(1)25-10)21-22(18)24(20)23(19)21/h1-8,21-25,28H/t21-,22+,23-,24+. The van der Waals surface area contributed by atoms with E-state index in [-0.39, 0.29) is 0 Å². The number of H-pyrrole nitrogens is 2. The number of aromatic nitrogens is 2. The van der Waals surface area contributed by atoms with E-state index in [2.05, 4.69) is 58.5 Å². The van der Waals surface area contributed by atoms with E-state index in [1.165, 1.54) is 44.4 Å². The van der Waals surface area contributed by atoms with Crippen molar-refractivity contribution in [3.63, 3.8) is 0 Å². The third-order valence-corrected chi connectivity index (χ3v) is 7.80. The lowest BCUT2D eigenvalue weighted by atomic mass is 9.47. The van der Waals surface area contributed by atoms with Crippen LogP contribution in [0.2, 0.25) is 0 Å². The Bertz CT molecular complexity index is 1410. The van der Waals surface area contributed by atoms with Crippen LogP contribution >= 0.6 is 0 Å². The molecule has 1 saturated carbocycles. The SMILES string of the molecule is C1=CC2=C3c4ccc([nH]4)C4=C5C=CC(=N5)C5=c6ccc([nH]6)=C(C1=N2)[C@@H]1[C@H]3[C@H]4[C@H]51. The molecule has 0 spiro atoms. The van der Waals surface area contributed by atoms with Gasteiger partial charge in [-0.25, -0.2) is 9.98 Å². The molecule has 2 aromatic rings. The number of hydrogen-bond donors (Lipinski definition) is 2. The summed E-state index contributed by atoms with van der Waals surface area (Å²) in [7, 11) is 0. The third kappa shape index (κ3) is 1.13. The van der Waals surface area contributed by atoms with E-state index in [9.17, 15) is 0 Å². The summed E-state index contributed by atoms with van der Waals surface area (Å²) in [5.41, 5.74) is 12.6. The second kappa shape index (κ2) is 3.76. The van der Waals surface area contributed by atoms with E-state index >= 15 is 0 Å². The molecule has 2 N–H and O–H groups in total. The average Bonchev–Trinajstić information content (AvgIpc) is 3.43. The van der Waals surface area contributed by atoms with Crippen LogP contribution in [0.1, 0.15) is 11.4 Å². The van der Waals surface area contributed by atoms with E-state index in [0.717, 1.165) is 22.8 Å². The first-order chi connectivity index (χ1) is 13.9. The Kier molecular flexibility index (Phi) is 1.73. The molecule has 0 aromatic carbocycles. The molecule has 4 heteroatoms. The molecule has 4 nitrogen and oxygen atoms in total. The van der Waals surface area contributed by atoms with Gasteiger partial charge in [0.1, 0.15) is 0 Å². The van der Waals surface area contributed by atoms with Crippen molar-refractivity contribution in [3.8, 4) is 0 Å². The molecule has 0 unspecified atom stereocenters. The normalized spacial score (nSPS) is 33.4. The lowest BCUT2D eigenvalue weighted by Crippen LogP contribution is -2.51. The molecule has 7 aliphatic rings. The molecule has 28 heavy (non-hydrogen) atoms. The summed E-state index contributed by atoms with van der Waals surface area (Å²) in [4.78, 5) is 17.7. The fraction of sp³-hybridized carbons (Fsp3) is 0.167. The number of fused-ring (bicyclic) bond motifs is 10. The van der Waals surface area contributed by atoms with Crippen LogP contribution in [0.4, 0.5) is 0 Å². The Morgan fingerprint density at radius 1 is 0.536 bits per heavy atom. The van der Waals surface area contributed by atoms with Crippen LogP contribution in [0, 0.1) is 23.7 Å². The number of aromatic amines is 2. The molecule has 0 saturated heterocycles. The molecule has 0 amide bonds. The second-order valence-electron chi connectivity index (χ2n) is 8.76. The molecule has 0 radical (unpaired) electrons. The minimum absolute atomic E-state index is 0.454. The van der Waals surface area contributed by atoms with Gasteiger partial charge >= 0.3 is 0 Å². The Morgan fingerprint density at radius 2 is 1.04 bits per heavy atom. The molecule has 8 heterocycles. The zero-order valence-electron chi connectivity index (χ0n) is 14.8. The summed E-state index contributed by atoms with van der Waals surface area (Å²) in [6, 6.07) is 8.96. The van der Waals surface area contributed by atoms with Crippen molar-refractivity contribution in [2.45, 2.75) is 0 Å². The highest BCUT2D eigenvalue weighted by Crippen LogP contribution is 2.67. The van der Waals surface area contributed by atoms with Crippen LogP contribution in [-0.2, 0) is 0 Å². The van der Waals surface area contributed by atoms with Crippen LogP contribution in [0.3, 0.4) is 0 Å². The number of nitrogens with one attached hydrogen (secondary N) is 2. The Balaban J connectivity index is 1.56. The summed E-state index contributed by atoms with van der Waals surface area (Å²) < 4.78 is 0. The van der Waals surface area contributed by atoms with Gasteiger partial charge in [0.15, 0.2) is 0 Å². The highest BCUT2D eigenvalue weighted by Gasteiger charge is 2.62. The van der Waals surface area contributed by atoms with Gasteiger partial charge in [-0.15, -0.1) is 0 Å². The van der Waals surface area contributed by atoms with Crippen LogP contribution in [0.15, 0.2) is 69.9 Å². The summed E-state index contributed by atoms with van der Waals surface area (Å²) >= 11 is 0. The predicted octanol–water partition coefficient (Wildman–Crippen LogP) is 2.32. The van der Waals surface area contributed by atoms with Crippen molar-refractivity contribution >= 4 is 33.7 Å². The molecule has 1 aliphatic carbocycles. The summed E-state index contributed by atoms with van der Waals surface area (Å²) in [5, 5.41) is 2.46. The van der Waals surface area contributed by atoms with E-state index in [0.29, 0.717) is 23.7 Å². The minimum Gasteiger partial charge on any atom is -0.355 e. The van der Waals surface area contributed by atoms with Gasteiger partial charge < -0.3 is 9.97 Å². The minimum atomic E-state index is 0.454. The van der Waals surface area contributed by atoms with Crippen molar-refractivity contribution in [2.24, 2.45) is 33.7 Å². The maximum atomic E-state index is 5.10. The Labute approximate surface area is 159 Å². The molecule has 4 atom stereocenters. The van der Waals surface area contributed by atoms with Gasteiger partial charge in [-0.05, 0) is 48.6 Å². The molecule has 130 valence electrons. The smallest absolute Gasteiger partial charge is 0.0693 e. The quantitative estimate of drug-likeness (QED) is 0.726. The highest BCUT2D eigenvalue weighted by molar-refractivity contribution is 6.32. The van der Waals surface area contributed by atoms with Crippen LogP contribution < -0.4 is 10.7 Å². The fourth-order valence-corrected chi connectivity index (χ4v) is 6.88. The second-order valence-corrected chi connectivity index (χ2v) is 8.76. The van der Waals surface area contributed by atoms with Crippen molar-refractivity contribution in [3.05, 3.63) is 82.0 Å². The first kappa shape index (κ1) is 12.9. The molecule has 1 fully saturated rings. The average molecular weight is 358 g/mol. The number of allylic oxidation sites excluding steroid dienone is 6. The number of nitrogens with zero attached hydrogens (tertiary/aromatic N) is 2. The van der Waals surface area contributed by atoms with Gasteiger partial charge in [0.25, 0.3) is 0 Å². The third-order valence-electron chi connectivity index (χ3n) is 7.80. The van der Waals surface area contributed by atoms with Gasteiger partial charge in [0.2, 0.25) is 0 Å². The molecular weight excluding hydrogens is 344 g/mol. The first-order valence-corrected chi connectivity index (χ1v) is 10.0. The van der Waals surface area contributed by atoms with Gasteiger partial charge in [0, 0.05) is 68.1 Å². The maximum absolute atomic E-state index is 5.10. The van der Waals surface area contributed by atoms with Gasteiger partial charge in [-0.1, -0.05) is 0 Å². The highest BCUT2D eigenvalue weighted by atomic mass is 14.9. The predicted molar refractivity (Wildman–Crippen MR) is 109 cm³/mol. The van der Waals surface area contributed by atoms with Gasteiger partial charge in [0.05, 0.1) is 22.8 Å². The van der Waals surface area contributed by atoms with Crippen molar-refractivity contribution in [1.82, 2.24) is 9.97 Å². The fourth-order valence-electron chi connectivity index (χ4n) is 6.88. The van der Waals surface area contributed by atoms with E-state index in [1.54, 1.807) is 0 Å². The van der Waals surface area contributed by atoms with E-state index < -0.39 is 0 Å². The molecular formula is C24H14N4. The van der Waals surface area contributed by atoms with Gasteiger partial charge in [-0.2, -0.15) is 0 Å². The lowest BCUT2D eigenvalue weighted by molar-refractivity contribution is 0.163. The van der Waals surface area contributed by atoms with Crippen molar-refractivity contribution < 1.29 is 0 Å². The molecule has 2 aromatic heterocycles. The van der Waals surface area contributed by atoms with E-state index in [1.807, 2.05) is 0 Å². The molecule has 9 rings (SSSR count). The zero-order valence-corrected chi connectivity index (χ0v) is 14.8. The van der Waals surface area contributed by atoms with E-state index in [4.69, 9.17) is 9.98 Å². The van der Waals surface area contributed by atoms with Crippen LogP contribution in [-0.4, -0.2) is 21.4 Å². The monoisotopic (exact) mass is 358 g/mol. The number of hydrogen-bond acceptors (Lipinski definition) is 2. The maximum Gasteiger partial charge on any atom is 0.0693 e. The summed E-state index contributed by atoms with van der Waals surface area (Å²) in [5.74, 6) is 1.81. The zero-order chi connectivity index (χ0) is 17.7. The molecule has 8 bridgehead atoms. The topological polar surface area (TPSA) is 56.3 Å². The van der Waals surface area contributed by atoms with Crippen molar-refractivity contribution in [1.29, 1.82) is 0 Å². The summed E-state index contributed by atoms with van der Waals surface area (Å²) in [6.45, 7) is 0. The summed E-state index contributed by atoms with van der Waals surface area (Å²) in [6.07, 6.45) is 8.84. The number of rotatable bonds is 0.